The third-order valence-electron chi connectivity index (χ3n) is 3.02. The molecule has 0 aromatic rings. The summed E-state index contributed by atoms with van der Waals surface area (Å²) in [5.41, 5.74) is 5.49. The second-order valence-corrected chi connectivity index (χ2v) is 5.01. The lowest BCUT2D eigenvalue weighted by atomic mass is 9.97. The highest BCUT2D eigenvalue weighted by Crippen LogP contribution is 2.21. The summed E-state index contributed by atoms with van der Waals surface area (Å²) in [6, 6.07) is -0.260. The van der Waals surface area contributed by atoms with Crippen LogP contribution in [0.3, 0.4) is 0 Å². The Labute approximate surface area is 108 Å². The number of nitrogens with one attached hydrogen (secondary N) is 2. The van der Waals surface area contributed by atoms with Crippen molar-refractivity contribution >= 4 is 6.03 Å². The van der Waals surface area contributed by atoms with Gasteiger partial charge < -0.3 is 26.2 Å². The van der Waals surface area contributed by atoms with Crippen LogP contribution in [0.4, 0.5) is 4.79 Å². The first-order chi connectivity index (χ1) is 8.56. The normalized spacial score (nSPS) is 28.2. The molecule has 0 unspecified atom stereocenters. The van der Waals surface area contributed by atoms with E-state index in [1.54, 1.807) is 0 Å². The Morgan fingerprint density at radius 1 is 1.50 bits per heavy atom. The summed E-state index contributed by atoms with van der Waals surface area (Å²) in [6.45, 7) is 4.29. The molecule has 1 fully saturated rings. The zero-order valence-electron chi connectivity index (χ0n) is 11.2. The minimum absolute atomic E-state index is 0.0896. The number of aliphatic hydroxyl groups excluding tert-OH is 1. The van der Waals surface area contributed by atoms with Crippen molar-refractivity contribution in [3.8, 4) is 0 Å². The molecule has 1 aliphatic heterocycles. The van der Waals surface area contributed by atoms with Crippen LogP contribution in [0.2, 0.25) is 0 Å². The number of rotatable bonds is 5. The number of hydrogen-bond acceptors (Lipinski definition) is 4. The van der Waals surface area contributed by atoms with Crippen molar-refractivity contribution < 1.29 is 14.6 Å². The third kappa shape index (κ3) is 4.80. The Balaban J connectivity index is 2.43. The molecule has 0 bridgehead atoms. The van der Waals surface area contributed by atoms with E-state index in [-0.39, 0.29) is 36.9 Å². The van der Waals surface area contributed by atoms with Gasteiger partial charge in [0.2, 0.25) is 0 Å². The van der Waals surface area contributed by atoms with Crippen LogP contribution >= 0.6 is 0 Å². The fourth-order valence-corrected chi connectivity index (χ4v) is 2.17. The van der Waals surface area contributed by atoms with Gasteiger partial charge in [0.25, 0.3) is 0 Å². The van der Waals surface area contributed by atoms with Crippen LogP contribution < -0.4 is 16.4 Å². The Kier molecular flexibility index (Phi) is 6.38. The van der Waals surface area contributed by atoms with E-state index in [0.29, 0.717) is 6.54 Å². The van der Waals surface area contributed by atoms with Gasteiger partial charge in [0, 0.05) is 6.04 Å². The van der Waals surface area contributed by atoms with Gasteiger partial charge in [-0.25, -0.2) is 4.79 Å². The summed E-state index contributed by atoms with van der Waals surface area (Å²) in [6.07, 6.45) is 2.22. The summed E-state index contributed by atoms with van der Waals surface area (Å²) in [7, 11) is 0. The van der Waals surface area contributed by atoms with Gasteiger partial charge in [0.1, 0.15) is 6.10 Å². The van der Waals surface area contributed by atoms with Crippen LogP contribution in [0.1, 0.15) is 33.1 Å². The average molecular weight is 259 g/mol. The number of carbonyl (C=O) groups is 1. The topological polar surface area (TPSA) is 96.6 Å². The van der Waals surface area contributed by atoms with Crippen LogP contribution in [-0.4, -0.2) is 48.6 Å². The number of amides is 2. The fraction of sp³-hybridized carbons (Fsp3) is 0.917. The molecule has 1 aliphatic rings. The lowest BCUT2D eigenvalue weighted by Gasteiger charge is -2.36. The maximum absolute atomic E-state index is 11.6. The maximum atomic E-state index is 11.6. The molecule has 0 aromatic carbocycles. The van der Waals surface area contributed by atoms with Crippen LogP contribution in [0, 0.1) is 0 Å². The molecule has 5 N–H and O–H groups in total. The van der Waals surface area contributed by atoms with Gasteiger partial charge in [0.05, 0.1) is 18.8 Å². The SMILES string of the molecule is CC(C)NC(=O)N[C@H]1CC[C@@H](CCN)O[C@H]1CO. The molecule has 6 nitrogen and oxygen atoms in total. The summed E-state index contributed by atoms with van der Waals surface area (Å²) in [4.78, 5) is 11.6. The summed E-state index contributed by atoms with van der Waals surface area (Å²) in [5.74, 6) is 0. The second kappa shape index (κ2) is 7.56. The van der Waals surface area contributed by atoms with E-state index < -0.39 is 0 Å². The molecular weight excluding hydrogens is 234 g/mol. The summed E-state index contributed by atoms with van der Waals surface area (Å²) in [5, 5.41) is 14.9. The van der Waals surface area contributed by atoms with Crippen molar-refractivity contribution in [2.45, 2.75) is 57.4 Å². The molecule has 0 aliphatic carbocycles. The number of urea groups is 1. The van der Waals surface area contributed by atoms with Crippen LogP contribution in [0.15, 0.2) is 0 Å². The van der Waals surface area contributed by atoms with E-state index in [9.17, 15) is 9.90 Å². The van der Waals surface area contributed by atoms with Gasteiger partial charge in [-0.2, -0.15) is 0 Å². The Bertz CT molecular complexity index is 261. The van der Waals surface area contributed by atoms with Crippen molar-refractivity contribution in [2.24, 2.45) is 5.73 Å². The Hall–Kier alpha value is -0.850. The Morgan fingerprint density at radius 3 is 2.78 bits per heavy atom. The number of ether oxygens (including phenoxy) is 1. The molecular formula is C12H25N3O3. The molecule has 3 atom stereocenters. The van der Waals surface area contributed by atoms with Crippen molar-refractivity contribution in [3.05, 3.63) is 0 Å². The number of carbonyl (C=O) groups excluding carboxylic acids is 1. The van der Waals surface area contributed by atoms with Crippen LogP contribution in [-0.2, 0) is 4.74 Å². The smallest absolute Gasteiger partial charge is 0.315 e. The standard InChI is InChI=1S/C12H25N3O3/c1-8(2)14-12(17)15-10-4-3-9(5-6-13)18-11(10)7-16/h8-11,16H,3-7,13H2,1-2H3,(H2,14,15,17)/t9-,10-,11-/m0/s1. The Morgan fingerprint density at radius 2 is 2.22 bits per heavy atom. The van der Waals surface area contributed by atoms with Crippen molar-refractivity contribution in [1.82, 2.24) is 10.6 Å². The molecule has 0 radical (unpaired) electrons. The van der Waals surface area contributed by atoms with Gasteiger partial charge in [-0.05, 0) is 39.7 Å². The molecule has 6 heteroatoms. The molecule has 1 saturated heterocycles. The zero-order valence-corrected chi connectivity index (χ0v) is 11.2. The minimum atomic E-state index is -0.340. The summed E-state index contributed by atoms with van der Waals surface area (Å²) >= 11 is 0. The molecule has 1 rings (SSSR count). The largest absolute Gasteiger partial charge is 0.394 e. The minimum Gasteiger partial charge on any atom is -0.394 e. The quantitative estimate of drug-likeness (QED) is 0.556. The number of hydrogen-bond donors (Lipinski definition) is 4. The maximum Gasteiger partial charge on any atom is 0.315 e. The predicted molar refractivity (Wildman–Crippen MR) is 69.2 cm³/mol. The highest BCUT2D eigenvalue weighted by molar-refractivity contribution is 5.74. The van der Waals surface area contributed by atoms with Crippen molar-refractivity contribution in [3.63, 3.8) is 0 Å². The first-order valence-corrected chi connectivity index (χ1v) is 6.60. The molecule has 0 saturated carbocycles. The molecule has 0 aromatic heterocycles. The number of aliphatic hydroxyl groups is 1. The molecule has 2 amide bonds. The van der Waals surface area contributed by atoms with Crippen LogP contribution in [0.5, 0.6) is 0 Å². The monoisotopic (exact) mass is 259 g/mol. The van der Waals surface area contributed by atoms with E-state index in [0.717, 1.165) is 19.3 Å². The van der Waals surface area contributed by atoms with E-state index in [1.807, 2.05) is 13.8 Å². The highest BCUT2D eigenvalue weighted by atomic mass is 16.5. The van der Waals surface area contributed by atoms with Crippen molar-refractivity contribution in [1.29, 1.82) is 0 Å². The number of nitrogens with two attached hydrogens (primary N) is 1. The lowest BCUT2D eigenvalue weighted by Crippen LogP contribution is -2.54. The lowest BCUT2D eigenvalue weighted by molar-refractivity contribution is -0.0884. The van der Waals surface area contributed by atoms with E-state index in [4.69, 9.17) is 10.5 Å². The van der Waals surface area contributed by atoms with E-state index >= 15 is 0 Å². The molecule has 106 valence electrons. The molecule has 1 heterocycles. The van der Waals surface area contributed by atoms with Crippen LogP contribution in [0.25, 0.3) is 0 Å². The van der Waals surface area contributed by atoms with Gasteiger partial charge >= 0.3 is 6.03 Å². The van der Waals surface area contributed by atoms with Crippen molar-refractivity contribution in [2.75, 3.05) is 13.2 Å². The fourth-order valence-electron chi connectivity index (χ4n) is 2.17. The third-order valence-corrected chi connectivity index (χ3v) is 3.02. The first-order valence-electron chi connectivity index (χ1n) is 6.60. The highest BCUT2D eigenvalue weighted by Gasteiger charge is 2.31. The second-order valence-electron chi connectivity index (χ2n) is 5.01. The molecule has 0 spiro atoms. The van der Waals surface area contributed by atoms with E-state index in [2.05, 4.69) is 10.6 Å². The van der Waals surface area contributed by atoms with E-state index in [1.165, 1.54) is 0 Å². The van der Waals surface area contributed by atoms with Gasteiger partial charge in [-0.3, -0.25) is 0 Å². The van der Waals surface area contributed by atoms with Gasteiger partial charge in [-0.15, -0.1) is 0 Å². The average Bonchev–Trinajstić information content (AvgIpc) is 2.30. The first kappa shape index (κ1) is 15.2. The van der Waals surface area contributed by atoms with Gasteiger partial charge in [0.15, 0.2) is 0 Å². The summed E-state index contributed by atoms with van der Waals surface area (Å²) < 4.78 is 5.72. The zero-order chi connectivity index (χ0) is 13.5. The molecule has 18 heavy (non-hydrogen) atoms. The van der Waals surface area contributed by atoms with Gasteiger partial charge in [-0.1, -0.05) is 0 Å². The predicted octanol–water partition coefficient (Wildman–Crippen LogP) is -0.0487.